The molecule has 2 aromatic rings. The van der Waals surface area contributed by atoms with E-state index in [1.54, 1.807) is 15.9 Å². The van der Waals surface area contributed by atoms with Gasteiger partial charge in [-0.1, -0.05) is 6.92 Å². The van der Waals surface area contributed by atoms with Crippen molar-refractivity contribution in [3.63, 3.8) is 0 Å². The molecule has 4 atom stereocenters. The van der Waals surface area contributed by atoms with Crippen LogP contribution in [0.25, 0.3) is 5.76 Å². The molecule has 0 spiro atoms. The van der Waals surface area contributed by atoms with Gasteiger partial charge in [0.15, 0.2) is 11.6 Å². The van der Waals surface area contributed by atoms with E-state index in [0.717, 1.165) is 37.0 Å². The summed E-state index contributed by atoms with van der Waals surface area (Å²) in [5.41, 5.74) is 7.23. The molecule has 5 rings (SSSR count). The standard InChI is InChI=1S/C23H28FN3O3S/c1-10-17(16-9-14-13(11(2)25)5-4-6-15(14)31-16)19(24)21(30-3)18-20(10)27(12-7-8-12)23(29)26-22(18)28/h9-13,17H,4-8,25H2,1-3H3,(H,26,28,29). The number of methoxy groups -OCH3 is 1. The van der Waals surface area contributed by atoms with Crippen LogP contribution in [0.4, 0.5) is 4.39 Å². The fourth-order valence-corrected chi connectivity index (χ4v) is 6.93. The summed E-state index contributed by atoms with van der Waals surface area (Å²) in [6.07, 6.45) is 4.87. The predicted octanol–water partition coefficient (Wildman–Crippen LogP) is 3.89. The average molecular weight is 446 g/mol. The van der Waals surface area contributed by atoms with Crippen molar-refractivity contribution in [3.8, 4) is 0 Å². The monoisotopic (exact) mass is 445 g/mol. The molecule has 1 fully saturated rings. The second-order valence-electron chi connectivity index (χ2n) is 9.15. The summed E-state index contributed by atoms with van der Waals surface area (Å²) in [7, 11) is 1.38. The molecule has 0 amide bonds. The highest BCUT2D eigenvalue weighted by Gasteiger charge is 2.43. The van der Waals surface area contributed by atoms with Crippen LogP contribution in [0.15, 0.2) is 21.5 Å². The molecule has 4 unspecified atom stereocenters. The van der Waals surface area contributed by atoms with Crippen molar-refractivity contribution in [2.24, 2.45) is 5.73 Å². The van der Waals surface area contributed by atoms with Crippen LogP contribution in [0.2, 0.25) is 0 Å². The topological polar surface area (TPSA) is 90.1 Å². The van der Waals surface area contributed by atoms with Crippen molar-refractivity contribution in [2.75, 3.05) is 7.11 Å². The van der Waals surface area contributed by atoms with Gasteiger partial charge in [-0.3, -0.25) is 14.3 Å². The Hall–Kier alpha value is -2.19. The number of H-pyrrole nitrogens is 1. The molecule has 3 N–H and O–H groups in total. The van der Waals surface area contributed by atoms with Gasteiger partial charge in [-0.05, 0) is 56.6 Å². The number of nitrogens with one attached hydrogen (secondary N) is 1. The van der Waals surface area contributed by atoms with Gasteiger partial charge >= 0.3 is 5.69 Å². The molecule has 0 aliphatic heterocycles. The van der Waals surface area contributed by atoms with E-state index in [0.29, 0.717) is 5.69 Å². The van der Waals surface area contributed by atoms with Gasteiger partial charge < -0.3 is 10.5 Å². The minimum absolute atomic E-state index is 0.0412. The molecule has 3 aliphatic rings. The molecule has 0 radical (unpaired) electrons. The molecule has 2 aromatic heterocycles. The third kappa shape index (κ3) is 3.14. The van der Waals surface area contributed by atoms with Gasteiger partial charge in [-0.15, -0.1) is 11.3 Å². The van der Waals surface area contributed by atoms with E-state index in [9.17, 15) is 9.59 Å². The van der Waals surface area contributed by atoms with Crippen LogP contribution in [0.1, 0.15) is 89.9 Å². The lowest BCUT2D eigenvalue weighted by Gasteiger charge is -2.32. The second kappa shape index (κ2) is 7.45. The zero-order chi connectivity index (χ0) is 22.0. The lowest BCUT2D eigenvalue weighted by atomic mass is 9.79. The largest absolute Gasteiger partial charge is 0.493 e. The third-order valence-corrected chi connectivity index (χ3v) is 8.36. The lowest BCUT2D eigenvalue weighted by Crippen LogP contribution is -2.38. The van der Waals surface area contributed by atoms with Gasteiger partial charge in [0.25, 0.3) is 5.56 Å². The SMILES string of the molecule is COC1=C(F)C(c2cc3c(s2)CCCC3C(C)N)C(C)c2c1c(=O)[nH]c(=O)n2C1CC1. The summed E-state index contributed by atoms with van der Waals surface area (Å²) in [5, 5.41) is 0. The molecule has 31 heavy (non-hydrogen) atoms. The van der Waals surface area contributed by atoms with Crippen molar-refractivity contribution in [1.82, 2.24) is 9.55 Å². The van der Waals surface area contributed by atoms with E-state index < -0.39 is 23.0 Å². The molecule has 0 bridgehead atoms. The third-order valence-electron chi connectivity index (χ3n) is 7.07. The first kappa shape index (κ1) is 20.7. The normalized spacial score (nSPS) is 26.4. The van der Waals surface area contributed by atoms with Gasteiger partial charge in [-0.2, -0.15) is 0 Å². The molecule has 0 saturated heterocycles. The number of nitrogens with zero attached hydrogens (tertiary/aromatic N) is 1. The molecule has 166 valence electrons. The number of nitrogens with two attached hydrogens (primary N) is 1. The summed E-state index contributed by atoms with van der Waals surface area (Å²) >= 11 is 1.64. The van der Waals surface area contributed by atoms with Crippen molar-refractivity contribution < 1.29 is 9.13 Å². The van der Waals surface area contributed by atoms with Crippen LogP contribution in [0.5, 0.6) is 0 Å². The van der Waals surface area contributed by atoms with Crippen molar-refractivity contribution in [1.29, 1.82) is 0 Å². The van der Waals surface area contributed by atoms with Gasteiger partial charge in [0.2, 0.25) is 0 Å². The predicted molar refractivity (Wildman–Crippen MR) is 119 cm³/mol. The molecule has 8 heteroatoms. The van der Waals surface area contributed by atoms with Crippen LogP contribution in [-0.4, -0.2) is 22.7 Å². The summed E-state index contributed by atoms with van der Waals surface area (Å²) in [6.45, 7) is 3.94. The number of rotatable bonds is 4. The van der Waals surface area contributed by atoms with Crippen molar-refractivity contribution in [3.05, 3.63) is 59.3 Å². The van der Waals surface area contributed by atoms with E-state index in [4.69, 9.17) is 10.5 Å². The second-order valence-corrected chi connectivity index (χ2v) is 10.3. The van der Waals surface area contributed by atoms with E-state index in [2.05, 4.69) is 11.1 Å². The van der Waals surface area contributed by atoms with E-state index in [1.165, 1.54) is 17.6 Å². The number of hydrogen-bond acceptors (Lipinski definition) is 5. The molecule has 2 heterocycles. The Bertz CT molecular complexity index is 1190. The maximum atomic E-state index is 15.9. The first-order valence-electron chi connectivity index (χ1n) is 11.0. The number of fused-ring (bicyclic) bond motifs is 2. The lowest BCUT2D eigenvalue weighted by molar-refractivity contribution is 0.333. The fourth-order valence-electron chi connectivity index (χ4n) is 5.45. The number of thiophene rings is 1. The Morgan fingerprint density at radius 1 is 1.32 bits per heavy atom. The maximum absolute atomic E-state index is 15.9. The first-order chi connectivity index (χ1) is 14.8. The zero-order valence-electron chi connectivity index (χ0n) is 18.0. The molecular formula is C23H28FN3O3S. The minimum atomic E-state index is -0.586. The summed E-state index contributed by atoms with van der Waals surface area (Å²) in [5.74, 6) is -1.16. The molecule has 6 nitrogen and oxygen atoms in total. The zero-order valence-corrected chi connectivity index (χ0v) is 18.9. The van der Waals surface area contributed by atoms with Crippen molar-refractivity contribution >= 4 is 17.1 Å². The Morgan fingerprint density at radius 3 is 2.71 bits per heavy atom. The number of hydrogen-bond donors (Lipinski definition) is 2. The minimum Gasteiger partial charge on any atom is -0.493 e. The number of ether oxygens (including phenoxy) is 1. The quantitative estimate of drug-likeness (QED) is 0.747. The molecular weight excluding hydrogens is 417 g/mol. The summed E-state index contributed by atoms with van der Waals surface area (Å²) in [6, 6.07) is 2.21. The summed E-state index contributed by atoms with van der Waals surface area (Å²) in [4.78, 5) is 29.9. The number of halogens is 1. The van der Waals surface area contributed by atoms with Crippen LogP contribution in [-0.2, 0) is 11.2 Å². The Labute approximate surface area is 183 Å². The number of aryl methyl sites for hydroxylation is 1. The van der Waals surface area contributed by atoms with Crippen LogP contribution < -0.4 is 17.0 Å². The number of allylic oxidation sites excluding steroid dienone is 1. The van der Waals surface area contributed by atoms with Crippen LogP contribution >= 0.6 is 11.3 Å². The van der Waals surface area contributed by atoms with E-state index >= 15 is 4.39 Å². The highest BCUT2D eigenvalue weighted by atomic mass is 32.1. The first-order valence-corrected chi connectivity index (χ1v) is 11.9. The van der Waals surface area contributed by atoms with Crippen LogP contribution in [0.3, 0.4) is 0 Å². The number of aromatic nitrogens is 2. The molecule has 1 saturated carbocycles. The highest BCUT2D eigenvalue weighted by Crippen LogP contribution is 2.52. The average Bonchev–Trinajstić information content (AvgIpc) is 3.46. The molecule has 0 aromatic carbocycles. The smallest absolute Gasteiger partial charge is 0.328 e. The summed E-state index contributed by atoms with van der Waals surface area (Å²) < 4.78 is 23.0. The Morgan fingerprint density at radius 2 is 2.06 bits per heavy atom. The van der Waals surface area contributed by atoms with E-state index in [1.807, 2.05) is 13.8 Å². The van der Waals surface area contributed by atoms with Gasteiger partial charge in [0.05, 0.1) is 13.0 Å². The highest BCUT2D eigenvalue weighted by molar-refractivity contribution is 7.12. The fraction of sp³-hybridized carbons (Fsp3) is 0.565. The number of aromatic amines is 1. The Balaban J connectivity index is 1.70. The van der Waals surface area contributed by atoms with Gasteiger partial charge in [0, 0.05) is 33.4 Å². The van der Waals surface area contributed by atoms with E-state index in [-0.39, 0.29) is 35.2 Å². The maximum Gasteiger partial charge on any atom is 0.328 e. The Kier molecular flexibility index (Phi) is 4.97. The van der Waals surface area contributed by atoms with Gasteiger partial charge in [-0.25, -0.2) is 9.18 Å². The molecule has 3 aliphatic carbocycles. The van der Waals surface area contributed by atoms with Gasteiger partial charge in [0.1, 0.15) is 5.56 Å². The van der Waals surface area contributed by atoms with Crippen LogP contribution in [0, 0.1) is 0 Å². The van der Waals surface area contributed by atoms with Crippen molar-refractivity contribution in [2.45, 2.75) is 75.8 Å².